The molecule has 4 nitrogen and oxygen atoms in total. The molecule has 0 unspecified atom stereocenters. The van der Waals surface area contributed by atoms with E-state index < -0.39 is 17.7 Å². The van der Waals surface area contributed by atoms with E-state index in [1.807, 2.05) is 0 Å². The molecule has 0 amide bonds. The Bertz CT molecular complexity index is 426. The zero-order chi connectivity index (χ0) is 11.4. The summed E-state index contributed by atoms with van der Waals surface area (Å²) in [6.45, 7) is -0.169. The van der Waals surface area contributed by atoms with Crippen molar-refractivity contribution in [2.45, 2.75) is 13.0 Å². The first-order valence-corrected chi connectivity index (χ1v) is 4.01. The summed E-state index contributed by atoms with van der Waals surface area (Å²) in [6, 6.07) is 2.68. The number of nitrogens with two attached hydrogens (primary N) is 1. The number of hydrogen-bond acceptors (Lipinski definition) is 4. The summed E-state index contributed by atoms with van der Waals surface area (Å²) < 4.78 is 25.1. The Morgan fingerprint density at radius 2 is 2.33 bits per heavy atom. The van der Waals surface area contributed by atoms with Crippen molar-refractivity contribution in [3.05, 3.63) is 28.6 Å². The Labute approximate surface area is 84.3 Å². The number of carbonyl (C=O) groups excluding carboxylic acids is 1. The van der Waals surface area contributed by atoms with Crippen molar-refractivity contribution in [3.63, 3.8) is 0 Å². The van der Waals surface area contributed by atoms with Crippen LogP contribution in [0, 0.1) is 11.3 Å². The molecule has 0 saturated carbocycles. The third kappa shape index (κ3) is 2.14. The molecule has 0 bridgehead atoms. The van der Waals surface area contributed by atoms with E-state index >= 15 is 0 Å². The molecule has 0 saturated heterocycles. The van der Waals surface area contributed by atoms with Gasteiger partial charge in [0, 0.05) is 6.54 Å². The molecule has 0 aliphatic carbocycles. The maximum absolute atomic E-state index is 12.6. The normalized spacial score (nSPS) is 10.1. The molecular weight excluding hydrogens is 204 g/mol. The van der Waals surface area contributed by atoms with Crippen LogP contribution in [-0.4, -0.2) is 11.3 Å². The van der Waals surface area contributed by atoms with Gasteiger partial charge in [0.25, 0.3) is 6.43 Å². The van der Waals surface area contributed by atoms with E-state index in [0.29, 0.717) is 6.29 Å². The topological polar surface area (TPSA) is 79.8 Å². The third-order valence-electron chi connectivity index (χ3n) is 1.83. The fraction of sp³-hybridized carbons (Fsp3) is 0.222. The van der Waals surface area contributed by atoms with Crippen LogP contribution < -0.4 is 5.73 Å². The van der Waals surface area contributed by atoms with Crippen LogP contribution >= 0.6 is 0 Å². The summed E-state index contributed by atoms with van der Waals surface area (Å²) >= 11 is 0. The number of rotatable bonds is 3. The molecule has 0 aliphatic rings. The molecule has 0 atom stereocenters. The van der Waals surface area contributed by atoms with E-state index in [1.54, 1.807) is 0 Å². The number of carbonyl (C=O) groups is 1. The molecule has 1 heterocycles. The van der Waals surface area contributed by atoms with Gasteiger partial charge in [-0.05, 0) is 11.6 Å². The predicted octanol–water partition coefficient (Wildman–Crippen LogP) is 1.16. The molecule has 78 valence electrons. The van der Waals surface area contributed by atoms with E-state index in [-0.39, 0.29) is 17.8 Å². The van der Waals surface area contributed by atoms with Crippen molar-refractivity contribution in [1.29, 1.82) is 5.26 Å². The molecule has 0 aromatic carbocycles. The zero-order valence-corrected chi connectivity index (χ0v) is 7.58. The van der Waals surface area contributed by atoms with E-state index in [2.05, 4.69) is 4.98 Å². The van der Waals surface area contributed by atoms with Crippen LogP contribution in [0.2, 0.25) is 0 Å². The largest absolute Gasteiger partial charge is 0.326 e. The monoisotopic (exact) mass is 211 g/mol. The Morgan fingerprint density at radius 1 is 1.67 bits per heavy atom. The van der Waals surface area contributed by atoms with Gasteiger partial charge < -0.3 is 5.73 Å². The first-order valence-electron chi connectivity index (χ1n) is 4.01. The Hall–Kier alpha value is -1.87. The molecule has 6 heteroatoms. The van der Waals surface area contributed by atoms with Crippen LogP contribution in [-0.2, 0) is 6.54 Å². The van der Waals surface area contributed by atoms with Gasteiger partial charge in [-0.15, -0.1) is 0 Å². The standard InChI is InChI=1S/C9H7F2N3O/c10-9(11)8-5(2-12)1-6(4-15)14-7(8)3-13/h1,4,9H,2,12H2. The summed E-state index contributed by atoms with van der Waals surface area (Å²) in [5.74, 6) is 0. The maximum Gasteiger partial charge on any atom is 0.266 e. The second-order valence-corrected chi connectivity index (χ2v) is 2.70. The van der Waals surface area contributed by atoms with Gasteiger partial charge in [0.1, 0.15) is 11.8 Å². The lowest BCUT2D eigenvalue weighted by atomic mass is 10.1. The predicted molar refractivity (Wildman–Crippen MR) is 47.2 cm³/mol. The highest BCUT2D eigenvalue weighted by Gasteiger charge is 2.19. The van der Waals surface area contributed by atoms with Crippen LogP contribution in [0.5, 0.6) is 0 Å². The molecular formula is C9H7F2N3O. The van der Waals surface area contributed by atoms with Crippen LogP contribution in [0.1, 0.15) is 33.7 Å². The van der Waals surface area contributed by atoms with Gasteiger partial charge in [-0.2, -0.15) is 5.26 Å². The van der Waals surface area contributed by atoms with Gasteiger partial charge in [-0.25, -0.2) is 13.8 Å². The number of hydrogen-bond donors (Lipinski definition) is 1. The number of pyridine rings is 1. The zero-order valence-electron chi connectivity index (χ0n) is 7.58. The Balaban J connectivity index is 3.47. The van der Waals surface area contributed by atoms with Crippen LogP contribution in [0.3, 0.4) is 0 Å². The molecule has 1 aromatic heterocycles. The van der Waals surface area contributed by atoms with Gasteiger partial charge >= 0.3 is 0 Å². The second kappa shape index (κ2) is 4.57. The van der Waals surface area contributed by atoms with Crippen molar-refractivity contribution in [2.24, 2.45) is 5.73 Å². The fourth-order valence-corrected chi connectivity index (χ4v) is 1.19. The van der Waals surface area contributed by atoms with E-state index in [4.69, 9.17) is 11.0 Å². The summed E-state index contributed by atoms with van der Waals surface area (Å²) in [5, 5.41) is 8.60. The summed E-state index contributed by atoms with van der Waals surface area (Å²) in [6.07, 6.45) is -2.44. The number of alkyl halides is 2. The highest BCUT2D eigenvalue weighted by molar-refractivity contribution is 5.72. The van der Waals surface area contributed by atoms with Crippen molar-refractivity contribution >= 4 is 6.29 Å². The number of halogens is 2. The summed E-state index contributed by atoms with van der Waals surface area (Å²) in [4.78, 5) is 13.9. The Morgan fingerprint density at radius 3 is 2.73 bits per heavy atom. The van der Waals surface area contributed by atoms with Gasteiger partial charge in [0.05, 0.1) is 5.56 Å². The van der Waals surface area contributed by atoms with Gasteiger partial charge in [-0.1, -0.05) is 0 Å². The lowest BCUT2D eigenvalue weighted by Gasteiger charge is -2.08. The van der Waals surface area contributed by atoms with Crippen LogP contribution in [0.15, 0.2) is 6.07 Å². The van der Waals surface area contributed by atoms with Crippen LogP contribution in [0.25, 0.3) is 0 Å². The highest BCUT2D eigenvalue weighted by atomic mass is 19.3. The molecule has 2 N–H and O–H groups in total. The third-order valence-corrected chi connectivity index (χ3v) is 1.83. The van der Waals surface area contributed by atoms with Gasteiger partial charge in [0.15, 0.2) is 12.0 Å². The molecule has 0 radical (unpaired) electrons. The molecule has 1 rings (SSSR count). The van der Waals surface area contributed by atoms with E-state index in [1.165, 1.54) is 6.07 Å². The molecule has 0 spiro atoms. The average Bonchev–Trinajstić information content (AvgIpc) is 2.26. The highest BCUT2D eigenvalue weighted by Crippen LogP contribution is 2.25. The number of aromatic nitrogens is 1. The summed E-state index contributed by atoms with van der Waals surface area (Å²) in [5.41, 5.74) is 4.30. The van der Waals surface area contributed by atoms with Crippen molar-refractivity contribution < 1.29 is 13.6 Å². The maximum atomic E-state index is 12.6. The minimum atomic E-state index is -2.83. The first-order chi connectivity index (χ1) is 7.13. The minimum absolute atomic E-state index is 0.0682. The fourth-order valence-electron chi connectivity index (χ4n) is 1.19. The first kappa shape index (κ1) is 11.2. The SMILES string of the molecule is N#Cc1nc(C=O)cc(CN)c1C(F)F. The number of nitriles is 1. The second-order valence-electron chi connectivity index (χ2n) is 2.70. The quantitative estimate of drug-likeness (QED) is 0.761. The molecule has 0 aliphatic heterocycles. The minimum Gasteiger partial charge on any atom is -0.326 e. The van der Waals surface area contributed by atoms with Crippen molar-refractivity contribution in [1.82, 2.24) is 4.98 Å². The van der Waals surface area contributed by atoms with Crippen molar-refractivity contribution in [3.8, 4) is 6.07 Å². The number of aldehydes is 1. The number of nitrogens with zero attached hydrogens (tertiary/aromatic N) is 2. The Kier molecular flexibility index (Phi) is 3.42. The molecule has 0 fully saturated rings. The van der Waals surface area contributed by atoms with Gasteiger partial charge in [-0.3, -0.25) is 4.79 Å². The van der Waals surface area contributed by atoms with Crippen molar-refractivity contribution in [2.75, 3.05) is 0 Å². The van der Waals surface area contributed by atoms with Crippen LogP contribution in [0.4, 0.5) is 8.78 Å². The summed E-state index contributed by atoms with van der Waals surface area (Å²) in [7, 11) is 0. The lowest BCUT2D eigenvalue weighted by Crippen LogP contribution is -2.08. The molecule has 1 aromatic rings. The lowest BCUT2D eigenvalue weighted by molar-refractivity contribution is 0.111. The van der Waals surface area contributed by atoms with E-state index in [9.17, 15) is 13.6 Å². The van der Waals surface area contributed by atoms with E-state index in [0.717, 1.165) is 6.07 Å². The smallest absolute Gasteiger partial charge is 0.266 e. The molecule has 15 heavy (non-hydrogen) atoms. The van der Waals surface area contributed by atoms with Gasteiger partial charge in [0.2, 0.25) is 0 Å². The average molecular weight is 211 g/mol.